The Morgan fingerprint density at radius 2 is 1.49 bits per heavy atom. The third kappa shape index (κ3) is 26.6. The SMILES string of the molecule is COC1C[C@@H]([C@H](C)C[C@@H]2CC[C@@H](OC(=O)CCc3cnc(N4CCN(OCCOCCOCCOCCC(=O)NCCCCn5nc(-c6ccc7oc(N)nc7c6)c6c(N)cccc65)CC4)nc3)[C@H](OC)C2)OC(=O)[C@@H]2CCCCN2C(=O)C(=O)[C@]2(O)O[C@@H](CC[C@H]2C)C[C@H](OC)/C(C)=C/C=C/C=C/[C@@H](C)C[C@@H](C)C(=O)[C@H](OC)[C@H](O)/C(C)=C/[C@H]1C. The van der Waals surface area contributed by atoms with Crippen LogP contribution >= 0.6 is 0 Å². The Bertz CT molecular complexity index is 4300. The van der Waals surface area contributed by atoms with Gasteiger partial charge in [-0.3, -0.25) is 33.5 Å². The molecule has 4 fully saturated rings. The zero-order chi connectivity index (χ0) is 86.7. The van der Waals surface area contributed by atoms with Crippen LogP contribution in [-0.4, -0.2) is 255 Å². The van der Waals surface area contributed by atoms with Crippen molar-refractivity contribution in [3.05, 3.63) is 102 Å². The van der Waals surface area contributed by atoms with Gasteiger partial charge in [-0.2, -0.15) is 15.1 Å². The maximum absolute atomic E-state index is 15.0. The number of aromatic nitrogens is 5. The molecule has 7 N–H and O–H groups in total. The molecule has 5 aromatic rings. The summed E-state index contributed by atoms with van der Waals surface area (Å²) in [6.45, 7) is 19.6. The van der Waals surface area contributed by atoms with Gasteiger partial charge in [0.05, 0.1) is 81.6 Å². The lowest BCUT2D eigenvalue weighted by Gasteiger charge is -2.43. The van der Waals surface area contributed by atoms with E-state index in [0.29, 0.717) is 178 Å². The molecule has 5 aliphatic rings. The average Bonchev–Trinajstić information content (AvgIpc) is 1.72. The summed E-state index contributed by atoms with van der Waals surface area (Å²) in [5.74, 6) is -7.16. The number of nitrogens with one attached hydrogen (secondary N) is 1. The number of aliphatic hydroxyl groups is 2. The van der Waals surface area contributed by atoms with Gasteiger partial charge < -0.3 is 88.6 Å². The van der Waals surface area contributed by atoms with E-state index in [-0.39, 0.29) is 86.2 Å². The topological polar surface area (TPSA) is 388 Å². The minimum Gasteiger partial charge on any atom is -0.460 e. The van der Waals surface area contributed by atoms with Gasteiger partial charge in [0.2, 0.25) is 17.6 Å². The summed E-state index contributed by atoms with van der Waals surface area (Å²) in [6.07, 6.45) is 17.1. The van der Waals surface area contributed by atoms with Crippen LogP contribution in [0.15, 0.2) is 101 Å². The molecule has 3 saturated heterocycles. The van der Waals surface area contributed by atoms with E-state index >= 15 is 0 Å². The zero-order valence-corrected chi connectivity index (χ0v) is 72.6. The number of carbonyl (C=O) groups excluding carboxylic acids is 6. The summed E-state index contributed by atoms with van der Waals surface area (Å²) in [6, 6.07) is 10.4. The van der Waals surface area contributed by atoms with Gasteiger partial charge in [0, 0.05) is 141 Å². The van der Waals surface area contributed by atoms with E-state index in [9.17, 15) is 39.0 Å². The molecule has 31 nitrogen and oxygen atoms in total. The monoisotopic (exact) mass is 1690 g/mol. The molecule has 2 amide bonds. The maximum atomic E-state index is 15.0. The highest BCUT2D eigenvalue weighted by Gasteiger charge is 2.53. The molecule has 2 aromatic carbocycles. The van der Waals surface area contributed by atoms with Gasteiger partial charge in [0.25, 0.3) is 17.7 Å². The molecule has 0 radical (unpaired) electrons. The van der Waals surface area contributed by atoms with E-state index in [1.807, 2.05) is 117 Å². The number of ether oxygens (including phenoxy) is 10. The highest BCUT2D eigenvalue weighted by atomic mass is 16.7. The number of piperidine rings is 1. The second kappa shape index (κ2) is 46.9. The number of methoxy groups -OCH3 is 4. The second-order valence-electron chi connectivity index (χ2n) is 33.3. The van der Waals surface area contributed by atoms with Crippen molar-refractivity contribution in [3.63, 3.8) is 0 Å². The number of aliphatic hydroxyl groups excluding tert-OH is 1. The van der Waals surface area contributed by atoms with Crippen LogP contribution in [-0.2, 0) is 93.9 Å². The predicted molar refractivity (Wildman–Crippen MR) is 456 cm³/mol. The molecule has 1 aliphatic carbocycles. The van der Waals surface area contributed by atoms with E-state index < -0.39 is 90.2 Å². The standard InChI is InChI=1S/C90H131N11O20/c1-57-20-13-12-14-21-58(2)74(110-8)53-67-29-25-63(7)90(109,121-67)85(106)86(107)100-35-17-15-23-71(100)87(108)119-76(54-75(111-9)59(3)49-62(6)83(105)84(113-11)82(104)61(5)48-57)60(4)50-64-26-30-73(77(51-64)112-10)118-79(103)32-27-65-55-94-89(95-56-65)98-37-39-99(40-38-98)117-47-46-116-45-44-115-43-42-114-41-33-78(102)93-34-16-18-36-101-70-24-19-22-68(91)80(70)81(97-101)66-28-31-72-69(52-66)96-88(92)120-72/h12-14,19-22,24,28,31,49,52,55-57,59-61,63-64,67,71,73-77,83-84,105,109H,15-18,23,25-27,29-30,32-48,50-51,53-54,91H2,1-11H3,(H2,92,96)(H,93,102)/b14-12+,20-13+,58-21+,62-49+/t57-,59-,60-,61-,63-,64+,67+,71+,73-,74+,75?,76+,77-,83-,84+,90-/m1/s1. The summed E-state index contributed by atoms with van der Waals surface area (Å²) in [5.41, 5.74) is 18.8. The van der Waals surface area contributed by atoms with E-state index in [2.05, 4.69) is 25.2 Å². The highest BCUT2D eigenvalue weighted by Crippen LogP contribution is 2.40. The number of Topliss-reactive ketones (excluding diaryl/α,β-unsaturated/α-hetero) is 2. The van der Waals surface area contributed by atoms with Crippen molar-refractivity contribution in [2.45, 2.75) is 225 Å². The fourth-order valence-electron chi connectivity index (χ4n) is 17.2. The lowest BCUT2D eigenvalue weighted by atomic mass is 9.78. The maximum Gasteiger partial charge on any atom is 0.329 e. The minimum atomic E-state index is -2.46. The normalized spacial score (nSPS) is 28.7. The van der Waals surface area contributed by atoms with Crippen LogP contribution < -0.4 is 21.7 Å². The van der Waals surface area contributed by atoms with Crippen LogP contribution in [0.5, 0.6) is 0 Å². The van der Waals surface area contributed by atoms with Crippen LogP contribution in [0.1, 0.15) is 157 Å². The first-order valence-electron chi connectivity index (χ1n) is 43.3. The molecule has 3 aromatic heterocycles. The number of cyclic esters (lactones) is 1. The predicted octanol–water partition coefficient (Wildman–Crippen LogP) is 10.0. The zero-order valence-electron chi connectivity index (χ0n) is 72.6. The number of unbranched alkanes of at least 4 members (excludes halogenated alkanes) is 1. The number of nitrogen functional groups attached to an aromatic ring is 2. The molecular formula is C90H131N11O20. The Morgan fingerprint density at radius 1 is 0.752 bits per heavy atom. The number of carbonyl (C=O) groups is 6. The van der Waals surface area contributed by atoms with Crippen LogP contribution in [0.4, 0.5) is 17.7 Å². The van der Waals surface area contributed by atoms with Gasteiger partial charge in [0.1, 0.15) is 41.7 Å². The number of nitrogens with zero attached hydrogens (tertiary/aromatic N) is 8. The van der Waals surface area contributed by atoms with E-state index in [1.165, 1.54) is 12.0 Å². The Balaban J connectivity index is 0.628. The van der Waals surface area contributed by atoms with Crippen molar-refractivity contribution in [3.8, 4) is 11.3 Å². The molecule has 4 aliphatic heterocycles. The number of benzene rings is 2. The van der Waals surface area contributed by atoms with Crippen LogP contribution in [0.2, 0.25) is 0 Å². The second-order valence-corrected chi connectivity index (χ2v) is 33.3. The Morgan fingerprint density at radius 3 is 2.21 bits per heavy atom. The first-order valence-corrected chi connectivity index (χ1v) is 43.3. The lowest BCUT2D eigenvalue weighted by molar-refractivity contribution is -0.265. The molecule has 10 rings (SSSR count). The van der Waals surface area contributed by atoms with Crippen molar-refractivity contribution >= 4 is 75.0 Å². The number of allylic oxidation sites excluding steroid dienone is 5. The Kier molecular flexibility index (Phi) is 36.7. The lowest BCUT2D eigenvalue weighted by Crippen LogP contribution is -2.61. The van der Waals surface area contributed by atoms with Gasteiger partial charge >= 0.3 is 11.9 Å². The van der Waals surface area contributed by atoms with Gasteiger partial charge in [-0.25, -0.2) is 14.8 Å². The van der Waals surface area contributed by atoms with Crippen molar-refractivity contribution in [2.24, 2.45) is 35.5 Å². The van der Waals surface area contributed by atoms with E-state index in [1.54, 1.807) is 47.6 Å². The quantitative estimate of drug-likeness (QED) is 0.00905. The number of ketones is 2. The number of fused-ring (bicyclic) bond motifs is 5. The van der Waals surface area contributed by atoms with Crippen LogP contribution in [0.25, 0.3) is 33.3 Å². The number of esters is 2. The van der Waals surface area contributed by atoms with Crippen LogP contribution in [0, 0.1) is 35.5 Å². The van der Waals surface area contributed by atoms with E-state index in [4.69, 9.17) is 73.2 Å². The molecular weight excluding hydrogens is 1560 g/mol. The number of hydrogen-bond acceptors (Lipinski definition) is 28. The molecule has 1 unspecified atom stereocenters. The molecule has 121 heavy (non-hydrogen) atoms. The van der Waals surface area contributed by atoms with Crippen molar-refractivity contribution in [2.75, 3.05) is 130 Å². The fourth-order valence-corrected chi connectivity index (χ4v) is 17.2. The Labute approximate surface area is 711 Å². The largest absolute Gasteiger partial charge is 0.460 e. The summed E-state index contributed by atoms with van der Waals surface area (Å²) >= 11 is 0. The third-order valence-electron chi connectivity index (χ3n) is 24.3. The number of hydroxylamine groups is 2. The number of piperazine rings is 1. The number of rotatable bonds is 31. The van der Waals surface area contributed by atoms with Crippen molar-refractivity contribution < 1.29 is 95.6 Å². The average molecular weight is 1690 g/mol. The Hall–Kier alpha value is -8.44. The summed E-state index contributed by atoms with van der Waals surface area (Å²) in [5, 5.41) is 34.7. The molecule has 7 heterocycles. The summed E-state index contributed by atoms with van der Waals surface area (Å²) in [4.78, 5) is 107. The molecule has 2 bridgehead atoms. The van der Waals surface area contributed by atoms with Gasteiger partial charge in [-0.15, -0.1) is 0 Å². The third-order valence-corrected chi connectivity index (χ3v) is 24.3. The highest BCUT2D eigenvalue weighted by molar-refractivity contribution is 6.39. The van der Waals surface area contributed by atoms with Gasteiger partial charge in [-0.1, -0.05) is 77.1 Å². The molecule has 666 valence electrons. The minimum absolute atomic E-state index is 0.00976. The fraction of sp³-hybridized carbons (Fsp3) is 0.644. The smallest absolute Gasteiger partial charge is 0.329 e. The molecule has 1 saturated carbocycles. The first kappa shape index (κ1) is 94.8. The first-order chi connectivity index (χ1) is 58.3. The van der Waals surface area contributed by atoms with Crippen LogP contribution in [0.3, 0.4) is 0 Å². The summed E-state index contributed by atoms with van der Waals surface area (Å²) in [7, 11) is 6.19. The van der Waals surface area contributed by atoms with Crippen molar-refractivity contribution in [1.29, 1.82) is 0 Å². The number of aryl methyl sites for hydroxylation is 2. The van der Waals surface area contributed by atoms with Crippen molar-refractivity contribution in [1.82, 2.24) is 40.0 Å². The summed E-state index contributed by atoms with van der Waals surface area (Å²) < 4.78 is 67.4. The number of nitrogens with two attached hydrogens (primary N) is 2. The van der Waals surface area contributed by atoms with Gasteiger partial charge in [-0.05, 0) is 162 Å². The number of oxazole rings is 1. The van der Waals surface area contributed by atoms with E-state index in [0.717, 1.165) is 46.1 Å². The number of hydrogen-bond donors (Lipinski definition) is 5. The molecule has 0 spiro atoms. The molecule has 31 heteroatoms. The molecule has 16 atom stereocenters. The number of amides is 2. The number of anilines is 3. The van der Waals surface area contributed by atoms with Gasteiger partial charge in [0.15, 0.2) is 11.4 Å².